The van der Waals surface area contributed by atoms with Gasteiger partial charge in [-0.25, -0.2) is 17.2 Å². The van der Waals surface area contributed by atoms with E-state index in [1.165, 1.54) is 30.3 Å². The zero-order chi connectivity index (χ0) is 14.9. The lowest BCUT2D eigenvalue weighted by atomic mass is 10.0. The summed E-state index contributed by atoms with van der Waals surface area (Å²) in [6.45, 7) is 0. The van der Waals surface area contributed by atoms with Crippen LogP contribution in [-0.4, -0.2) is 14.7 Å². The minimum atomic E-state index is -3.35. The molecule has 0 aliphatic heterocycles. The fraction of sp³-hybridized carbons (Fsp3) is 0.143. The van der Waals surface area contributed by atoms with Gasteiger partial charge in [-0.15, -0.1) is 0 Å². The number of nitrogen functional groups attached to an aromatic ring is 1. The molecule has 2 aromatic rings. The van der Waals surface area contributed by atoms with Crippen LogP contribution < -0.4 is 5.73 Å². The number of anilines is 1. The lowest BCUT2D eigenvalue weighted by Crippen LogP contribution is -1.97. The molecule has 6 heteroatoms. The summed E-state index contributed by atoms with van der Waals surface area (Å²) < 4.78 is 48.5. The number of sulfone groups is 1. The Hall–Kier alpha value is -1.95. The second kappa shape index (κ2) is 5.20. The topological polar surface area (TPSA) is 60.2 Å². The van der Waals surface area contributed by atoms with Gasteiger partial charge in [0.1, 0.15) is 0 Å². The van der Waals surface area contributed by atoms with Crippen molar-refractivity contribution in [2.45, 2.75) is 11.3 Å². The average molecular weight is 297 g/mol. The second-order valence-corrected chi connectivity index (χ2v) is 6.50. The van der Waals surface area contributed by atoms with E-state index in [1.54, 1.807) is 12.1 Å². The number of hydrogen-bond donors (Lipinski definition) is 1. The summed E-state index contributed by atoms with van der Waals surface area (Å²) >= 11 is 0. The maximum atomic E-state index is 12.8. The van der Waals surface area contributed by atoms with E-state index in [4.69, 9.17) is 5.73 Å². The van der Waals surface area contributed by atoms with Crippen LogP contribution in [0.15, 0.2) is 47.4 Å². The Balaban J connectivity index is 2.57. The Bertz CT molecular complexity index is 743. The van der Waals surface area contributed by atoms with E-state index in [0.717, 1.165) is 6.26 Å². The SMILES string of the molecule is CS(=O)(=O)c1cccc(-c2cc(N)cc(C(F)F)c2)c1. The van der Waals surface area contributed by atoms with E-state index < -0.39 is 16.3 Å². The van der Waals surface area contributed by atoms with Gasteiger partial charge in [-0.05, 0) is 41.5 Å². The van der Waals surface area contributed by atoms with E-state index in [1.807, 2.05) is 0 Å². The highest BCUT2D eigenvalue weighted by atomic mass is 32.2. The van der Waals surface area contributed by atoms with E-state index in [2.05, 4.69) is 0 Å². The molecule has 0 spiro atoms. The van der Waals surface area contributed by atoms with Crippen molar-refractivity contribution in [2.24, 2.45) is 0 Å². The van der Waals surface area contributed by atoms with Crippen molar-refractivity contribution in [3.8, 4) is 11.1 Å². The zero-order valence-electron chi connectivity index (χ0n) is 10.7. The normalized spacial score (nSPS) is 11.8. The Morgan fingerprint density at radius 2 is 1.75 bits per heavy atom. The summed E-state index contributed by atoms with van der Waals surface area (Å²) in [5.41, 5.74) is 6.62. The predicted octanol–water partition coefficient (Wildman–Crippen LogP) is 3.28. The molecule has 0 aromatic heterocycles. The highest BCUT2D eigenvalue weighted by Crippen LogP contribution is 2.29. The van der Waals surface area contributed by atoms with Gasteiger partial charge in [0, 0.05) is 17.5 Å². The molecule has 0 aliphatic rings. The molecule has 0 fully saturated rings. The molecule has 0 atom stereocenters. The maximum absolute atomic E-state index is 12.8. The Labute approximate surface area is 116 Å². The molecule has 0 aliphatic carbocycles. The van der Waals surface area contributed by atoms with Gasteiger partial charge in [0.2, 0.25) is 0 Å². The largest absolute Gasteiger partial charge is 0.399 e. The molecular formula is C14H13F2NO2S. The van der Waals surface area contributed by atoms with Crippen molar-refractivity contribution in [1.82, 2.24) is 0 Å². The number of halogens is 2. The third-order valence-corrected chi connectivity index (χ3v) is 3.94. The first kappa shape index (κ1) is 14.5. The lowest BCUT2D eigenvalue weighted by molar-refractivity contribution is 0.151. The number of hydrogen-bond acceptors (Lipinski definition) is 3. The van der Waals surface area contributed by atoms with Crippen molar-refractivity contribution in [3.63, 3.8) is 0 Å². The molecule has 0 saturated carbocycles. The molecular weight excluding hydrogens is 284 g/mol. The van der Waals surface area contributed by atoms with Gasteiger partial charge in [-0.2, -0.15) is 0 Å². The van der Waals surface area contributed by atoms with Crippen molar-refractivity contribution < 1.29 is 17.2 Å². The van der Waals surface area contributed by atoms with Gasteiger partial charge >= 0.3 is 0 Å². The summed E-state index contributed by atoms with van der Waals surface area (Å²) in [6, 6.07) is 10.2. The molecule has 2 aromatic carbocycles. The molecule has 2 rings (SSSR count). The first-order valence-corrected chi connectivity index (χ1v) is 7.65. The van der Waals surface area contributed by atoms with Gasteiger partial charge in [-0.1, -0.05) is 12.1 Å². The molecule has 20 heavy (non-hydrogen) atoms. The first-order valence-electron chi connectivity index (χ1n) is 5.76. The molecule has 0 amide bonds. The zero-order valence-corrected chi connectivity index (χ0v) is 11.5. The number of benzene rings is 2. The van der Waals surface area contributed by atoms with Crippen molar-refractivity contribution in [2.75, 3.05) is 12.0 Å². The maximum Gasteiger partial charge on any atom is 0.263 e. The summed E-state index contributed by atoms with van der Waals surface area (Å²) in [7, 11) is -3.35. The van der Waals surface area contributed by atoms with Crippen LogP contribution in [0.4, 0.5) is 14.5 Å². The van der Waals surface area contributed by atoms with Crippen LogP contribution in [0.2, 0.25) is 0 Å². The average Bonchev–Trinajstić information content (AvgIpc) is 2.37. The second-order valence-electron chi connectivity index (χ2n) is 4.49. The third kappa shape index (κ3) is 3.14. The minimum Gasteiger partial charge on any atom is -0.399 e. The summed E-state index contributed by atoms with van der Waals surface area (Å²) in [4.78, 5) is 0.135. The van der Waals surface area contributed by atoms with Crippen LogP contribution in [0.25, 0.3) is 11.1 Å². The van der Waals surface area contributed by atoms with Gasteiger partial charge in [0.25, 0.3) is 6.43 Å². The molecule has 0 saturated heterocycles. The van der Waals surface area contributed by atoms with Gasteiger partial charge in [-0.3, -0.25) is 0 Å². The van der Waals surface area contributed by atoms with Crippen LogP contribution in [-0.2, 0) is 9.84 Å². The first-order chi connectivity index (χ1) is 9.27. The Morgan fingerprint density at radius 1 is 1.05 bits per heavy atom. The highest BCUT2D eigenvalue weighted by molar-refractivity contribution is 7.90. The fourth-order valence-electron chi connectivity index (χ4n) is 1.88. The predicted molar refractivity (Wildman–Crippen MR) is 74.4 cm³/mol. The molecule has 0 bridgehead atoms. The number of rotatable bonds is 3. The summed E-state index contributed by atoms with van der Waals surface area (Å²) in [5, 5.41) is 0. The van der Waals surface area contributed by atoms with Crippen LogP contribution in [0.3, 0.4) is 0 Å². The van der Waals surface area contributed by atoms with Crippen molar-refractivity contribution in [3.05, 3.63) is 48.0 Å². The van der Waals surface area contributed by atoms with Crippen molar-refractivity contribution in [1.29, 1.82) is 0 Å². The Kier molecular flexibility index (Phi) is 3.76. The standard InChI is InChI=1S/C14H13F2NO2S/c1-20(18,19)13-4-2-3-9(8-13)10-5-11(14(15)16)7-12(17)6-10/h2-8,14H,17H2,1H3. The Morgan fingerprint density at radius 3 is 2.35 bits per heavy atom. The minimum absolute atomic E-state index is 0.135. The molecule has 3 nitrogen and oxygen atoms in total. The van der Waals surface area contributed by atoms with Crippen LogP contribution in [0.1, 0.15) is 12.0 Å². The van der Waals surface area contributed by atoms with E-state index in [0.29, 0.717) is 11.1 Å². The van der Waals surface area contributed by atoms with Crippen molar-refractivity contribution >= 4 is 15.5 Å². The van der Waals surface area contributed by atoms with E-state index >= 15 is 0 Å². The molecule has 2 N–H and O–H groups in total. The van der Waals surface area contributed by atoms with Gasteiger partial charge in [0.05, 0.1) is 4.90 Å². The van der Waals surface area contributed by atoms with E-state index in [9.17, 15) is 17.2 Å². The van der Waals surface area contributed by atoms with Crippen LogP contribution >= 0.6 is 0 Å². The quantitative estimate of drug-likeness (QED) is 0.884. The number of alkyl halides is 2. The van der Waals surface area contributed by atoms with Crippen LogP contribution in [0, 0.1) is 0 Å². The molecule has 0 radical (unpaired) electrons. The highest BCUT2D eigenvalue weighted by Gasteiger charge is 2.12. The van der Waals surface area contributed by atoms with Gasteiger partial charge in [0.15, 0.2) is 9.84 Å². The van der Waals surface area contributed by atoms with Gasteiger partial charge < -0.3 is 5.73 Å². The molecule has 0 heterocycles. The lowest BCUT2D eigenvalue weighted by Gasteiger charge is -2.08. The number of nitrogens with two attached hydrogens (primary N) is 1. The monoisotopic (exact) mass is 297 g/mol. The summed E-state index contributed by atoms with van der Waals surface area (Å²) in [6.07, 6.45) is -1.54. The van der Waals surface area contributed by atoms with Crippen LogP contribution in [0.5, 0.6) is 0 Å². The van der Waals surface area contributed by atoms with E-state index in [-0.39, 0.29) is 16.1 Å². The fourth-order valence-corrected chi connectivity index (χ4v) is 2.54. The molecule has 106 valence electrons. The smallest absolute Gasteiger partial charge is 0.263 e. The molecule has 0 unspecified atom stereocenters. The summed E-state index contributed by atoms with van der Waals surface area (Å²) in [5.74, 6) is 0. The third-order valence-electron chi connectivity index (χ3n) is 2.83.